The van der Waals surface area contributed by atoms with E-state index in [-0.39, 0.29) is 0 Å². The molecule has 0 aromatic carbocycles. The maximum atomic E-state index is 5.81. The molecule has 0 radical (unpaired) electrons. The Kier molecular flexibility index (Phi) is 5.90. The molecule has 0 aliphatic carbocycles. The minimum atomic E-state index is 0.459. The summed E-state index contributed by atoms with van der Waals surface area (Å²) in [7, 11) is 0. The summed E-state index contributed by atoms with van der Waals surface area (Å²) in [5.74, 6) is 0. The van der Waals surface area contributed by atoms with Crippen molar-refractivity contribution in [2.45, 2.75) is 46.6 Å². The molecule has 1 rings (SSSR count). The fraction of sp³-hybridized carbons (Fsp3) is 1.00. The first-order valence-electron chi connectivity index (χ1n) is 7.12. The lowest BCUT2D eigenvalue weighted by molar-refractivity contribution is 0.0896. The molecule has 1 atom stereocenters. The van der Waals surface area contributed by atoms with Gasteiger partial charge in [-0.05, 0) is 24.8 Å². The van der Waals surface area contributed by atoms with Crippen LogP contribution in [0.15, 0.2) is 0 Å². The van der Waals surface area contributed by atoms with E-state index in [1.165, 1.54) is 45.6 Å². The van der Waals surface area contributed by atoms with Gasteiger partial charge in [0.15, 0.2) is 0 Å². The van der Waals surface area contributed by atoms with Gasteiger partial charge in [-0.3, -0.25) is 4.90 Å². The van der Waals surface area contributed by atoms with Gasteiger partial charge in [-0.2, -0.15) is 0 Å². The van der Waals surface area contributed by atoms with Crippen molar-refractivity contribution in [3.8, 4) is 0 Å². The van der Waals surface area contributed by atoms with Crippen LogP contribution in [-0.2, 0) is 0 Å². The van der Waals surface area contributed by atoms with E-state index in [2.05, 4.69) is 37.5 Å². The summed E-state index contributed by atoms with van der Waals surface area (Å²) < 4.78 is 0. The Morgan fingerprint density at radius 1 is 1.12 bits per heavy atom. The second kappa shape index (κ2) is 6.72. The molecule has 102 valence electrons. The molecule has 0 saturated carbocycles. The quantitative estimate of drug-likeness (QED) is 0.796. The number of hydrogen-bond acceptors (Lipinski definition) is 3. The third kappa shape index (κ3) is 5.36. The first-order chi connectivity index (χ1) is 7.96. The number of hydrogen-bond donors (Lipinski definition) is 1. The topological polar surface area (TPSA) is 32.5 Å². The third-order valence-corrected chi connectivity index (χ3v) is 3.84. The summed E-state index contributed by atoms with van der Waals surface area (Å²) >= 11 is 0. The lowest BCUT2D eigenvalue weighted by Gasteiger charge is -2.39. The maximum Gasteiger partial charge on any atom is 0.0216 e. The van der Waals surface area contributed by atoms with Crippen molar-refractivity contribution in [1.29, 1.82) is 0 Å². The van der Waals surface area contributed by atoms with E-state index in [1.807, 2.05) is 0 Å². The standard InChI is InChI=1S/C14H31N3/c1-5-13(12-15)17-10-8-16(9-11-17)7-6-14(2,3)4/h13H,5-12,15H2,1-4H3. The van der Waals surface area contributed by atoms with E-state index in [1.54, 1.807) is 0 Å². The smallest absolute Gasteiger partial charge is 0.0216 e. The summed E-state index contributed by atoms with van der Waals surface area (Å²) in [5.41, 5.74) is 6.27. The summed E-state index contributed by atoms with van der Waals surface area (Å²) in [4.78, 5) is 5.17. The van der Waals surface area contributed by atoms with Gasteiger partial charge in [0, 0.05) is 38.8 Å². The van der Waals surface area contributed by atoms with Crippen molar-refractivity contribution in [3.05, 3.63) is 0 Å². The van der Waals surface area contributed by atoms with E-state index < -0.39 is 0 Å². The second-order valence-corrected chi connectivity index (χ2v) is 6.49. The van der Waals surface area contributed by atoms with Crippen LogP contribution in [0.2, 0.25) is 0 Å². The number of rotatable bonds is 5. The van der Waals surface area contributed by atoms with Gasteiger partial charge in [-0.15, -0.1) is 0 Å². The van der Waals surface area contributed by atoms with Crippen LogP contribution in [0.5, 0.6) is 0 Å². The van der Waals surface area contributed by atoms with E-state index >= 15 is 0 Å². The van der Waals surface area contributed by atoms with Crippen molar-refractivity contribution in [2.24, 2.45) is 11.1 Å². The first kappa shape index (κ1) is 14.9. The van der Waals surface area contributed by atoms with Crippen LogP contribution in [0.25, 0.3) is 0 Å². The van der Waals surface area contributed by atoms with E-state index in [0.717, 1.165) is 6.54 Å². The van der Waals surface area contributed by atoms with Crippen LogP contribution in [-0.4, -0.2) is 55.1 Å². The van der Waals surface area contributed by atoms with E-state index in [4.69, 9.17) is 5.73 Å². The normalized spacial score (nSPS) is 21.7. The van der Waals surface area contributed by atoms with Crippen molar-refractivity contribution in [2.75, 3.05) is 39.3 Å². The van der Waals surface area contributed by atoms with Crippen molar-refractivity contribution < 1.29 is 0 Å². The predicted molar refractivity (Wildman–Crippen MR) is 75.2 cm³/mol. The number of nitrogens with zero attached hydrogens (tertiary/aromatic N) is 2. The van der Waals surface area contributed by atoms with Crippen LogP contribution in [0.3, 0.4) is 0 Å². The Hall–Kier alpha value is -0.120. The summed E-state index contributed by atoms with van der Waals surface area (Å²) in [5, 5.41) is 0. The van der Waals surface area contributed by atoms with Gasteiger partial charge in [0.25, 0.3) is 0 Å². The number of nitrogens with two attached hydrogens (primary N) is 1. The van der Waals surface area contributed by atoms with Crippen molar-refractivity contribution in [1.82, 2.24) is 9.80 Å². The lowest BCUT2D eigenvalue weighted by Crippen LogP contribution is -2.52. The average Bonchev–Trinajstić information content (AvgIpc) is 2.29. The van der Waals surface area contributed by atoms with Gasteiger partial charge < -0.3 is 10.6 Å². The predicted octanol–water partition coefficient (Wildman–Crippen LogP) is 1.78. The van der Waals surface area contributed by atoms with Crippen LogP contribution >= 0.6 is 0 Å². The molecule has 1 saturated heterocycles. The SMILES string of the molecule is CCC(CN)N1CCN(CCC(C)(C)C)CC1. The van der Waals surface area contributed by atoms with Gasteiger partial charge in [0.1, 0.15) is 0 Å². The Bertz CT molecular complexity index is 198. The zero-order valence-electron chi connectivity index (χ0n) is 12.2. The molecule has 2 N–H and O–H groups in total. The lowest BCUT2D eigenvalue weighted by atomic mass is 9.92. The molecule has 0 aromatic heterocycles. The molecule has 1 aliphatic rings. The van der Waals surface area contributed by atoms with Crippen molar-refractivity contribution >= 4 is 0 Å². The Morgan fingerprint density at radius 3 is 2.12 bits per heavy atom. The minimum absolute atomic E-state index is 0.459. The minimum Gasteiger partial charge on any atom is -0.329 e. The zero-order chi connectivity index (χ0) is 12.9. The first-order valence-corrected chi connectivity index (χ1v) is 7.12. The van der Waals surface area contributed by atoms with E-state index in [0.29, 0.717) is 11.5 Å². The van der Waals surface area contributed by atoms with Crippen LogP contribution in [0.1, 0.15) is 40.5 Å². The molecular formula is C14H31N3. The molecule has 1 fully saturated rings. The largest absolute Gasteiger partial charge is 0.329 e. The average molecular weight is 241 g/mol. The molecule has 17 heavy (non-hydrogen) atoms. The molecular weight excluding hydrogens is 210 g/mol. The Balaban J connectivity index is 2.26. The summed E-state index contributed by atoms with van der Waals surface area (Å²) in [6.07, 6.45) is 2.47. The Morgan fingerprint density at radius 2 is 1.71 bits per heavy atom. The highest BCUT2D eigenvalue weighted by molar-refractivity contribution is 4.79. The molecule has 0 spiro atoms. The monoisotopic (exact) mass is 241 g/mol. The van der Waals surface area contributed by atoms with Gasteiger partial charge in [0.2, 0.25) is 0 Å². The zero-order valence-corrected chi connectivity index (χ0v) is 12.2. The molecule has 0 aromatic rings. The molecule has 1 heterocycles. The van der Waals surface area contributed by atoms with Crippen LogP contribution in [0, 0.1) is 5.41 Å². The highest BCUT2D eigenvalue weighted by atomic mass is 15.3. The van der Waals surface area contributed by atoms with Crippen LogP contribution < -0.4 is 5.73 Å². The summed E-state index contributed by atoms with van der Waals surface area (Å²) in [6, 6.07) is 0.597. The molecule has 3 heteroatoms. The highest BCUT2D eigenvalue weighted by Gasteiger charge is 2.22. The highest BCUT2D eigenvalue weighted by Crippen LogP contribution is 2.19. The van der Waals surface area contributed by atoms with Crippen molar-refractivity contribution in [3.63, 3.8) is 0 Å². The van der Waals surface area contributed by atoms with E-state index in [9.17, 15) is 0 Å². The van der Waals surface area contributed by atoms with Gasteiger partial charge in [-0.25, -0.2) is 0 Å². The second-order valence-electron chi connectivity index (χ2n) is 6.49. The summed E-state index contributed by atoms with van der Waals surface area (Å²) in [6.45, 7) is 16.1. The maximum absolute atomic E-state index is 5.81. The fourth-order valence-electron chi connectivity index (χ4n) is 2.42. The molecule has 1 aliphatic heterocycles. The fourth-order valence-corrected chi connectivity index (χ4v) is 2.42. The molecule has 0 bridgehead atoms. The van der Waals surface area contributed by atoms with Gasteiger partial charge in [-0.1, -0.05) is 27.7 Å². The number of piperazine rings is 1. The van der Waals surface area contributed by atoms with Gasteiger partial charge >= 0.3 is 0 Å². The molecule has 0 amide bonds. The molecule has 1 unspecified atom stereocenters. The van der Waals surface area contributed by atoms with Crippen LogP contribution in [0.4, 0.5) is 0 Å². The third-order valence-electron chi connectivity index (χ3n) is 3.84. The van der Waals surface area contributed by atoms with Gasteiger partial charge in [0.05, 0.1) is 0 Å². The molecule has 3 nitrogen and oxygen atoms in total. The Labute approximate surface area is 107 Å².